The SMILES string of the molecule is O=C(NCC(=O)N1CCNCC1)c1cccc(Cl)c1Cl. The first-order valence-corrected chi connectivity index (χ1v) is 7.06. The van der Waals surface area contributed by atoms with Crippen molar-refractivity contribution < 1.29 is 9.59 Å². The Bertz CT molecular complexity index is 516. The lowest BCUT2D eigenvalue weighted by atomic mass is 10.2. The number of nitrogens with one attached hydrogen (secondary N) is 2. The van der Waals surface area contributed by atoms with Gasteiger partial charge in [0.2, 0.25) is 5.91 Å². The van der Waals surface area contributed by atoms with Crippen LogP contribution in [0.3, 0.4) is 0 Å². The fourth-order valence-electron chi connectivity index (χ4n) is 1.96. The van der Waals surface area contributed by atoms with Crippen LogP contribution in [0.15, 0.2) is 18.2 Å². The van der Waals surface area contributed by atoms with E-state index in [1.807, 2.05) is 0 Å². The van der Waals surface area contributed by atoms with Crippen molar-refractivity contribution in [3.63, 3.8) is 0 Å². The summed E-state index contributed by atoms with van der Waals surface area (Å²) in [7, 11) is 0. The minimum Gasteiger partial charge on any atom is -0.343 e. The highest BCUT2D eigenvalue weighted by molar-refractivity contribution is 6.43. The van der Waals surface area contributed by atoms with E-state index in [4.69, 9.17) is 23.2 Å². The van der Waals surface area contributed by atoms with Gasteiger partial charge in [-0.2, -0.15) is 0 Å². The van der Waals surface area contributed by atoms with Crippen LogP contribution in [0.4, 0.5) is 0 Å². The Morgan fingerprint density at radius 3 is 2.65 bits per heavy atom. The van der Waals surface area contributed by atoms with Gasteiger partial charge in [-0.1, -0.05) is 29.3 Å². The second-order valence-electron chi connectivity index (χ2n) is 4.41. The van der Waals surface area contributed by atoms with Crippen molar-refractivity contribution in [2.45, 2.75) is 0 Å². The van der Waals surface area contributed by atoms with Gasteiger partial charge >= 0.3 is 0 Å². The average Bonchev–Trinajstić information content (AvgIpc) is 2.48. The minimum atomic E-state index is -0.402. The second kappa shape index (κ2) is 6.92. The zero-order valence-electron chi connectivity index (χ0n) is 10.8. The van der Waals surface area contributed by atoms with Crippen LogP contribution in [0.1, 0.15) is 10.4 Å². The van der Waals surface area contributed by atoms with Crippen molar-refractivity contribution in [3.05, 3.63) is 33.8 Å². The van der Waals surface area contributed by atoms with Crippen molar-refractivity contribution in [3.8, 4) is 0 Å². The average molecular weight is 316 g/mol. The smallest absolute Gasteiger partial charge is 0.253 e. The lowest BCUT2D eigenvalue weighted by Gasteiger charge is -2.27. The van der Waals surface area contributed by atoms with E-state index in [1.54, 1.807) is 23.1 Å². The fourth-order valence-corrected chi connectivity index (χ4v) is 2.34. The van der Waals surface area contributed by atoms with Crippen LogP contribution in [0.25, 0.3) is 0 Å². The molecule has 2 N–H and O–H groups in total. The summed E-state index contributed by atoms with van der Waals surface area (Å²) in [6.07, 6.45) is 0. The van der Waals surface area contributed by atoms with E-state index in [0.717, 1.165) is 13.1 Å². The summed E-state index contributed by atoms with van der Waals surface area (Å²) in [5.41, 5.74) is 0.271. The molecule has 1 heterocycles. The van der Waals surface area contributed by atoms with Gasteiger partial charge in [-0.3, -0.25) is 9.59 Å². The number of hydrogen-bond donors (Lipinski definition) is 2. The first-order valence-electron chi connectivity index (χ1n) is 6.30. The topological polar surface area (TPSA) is 61.4 Å². The maximum atomic E-state index is 12.0. The molecule has 0 unspecified atom stereocenters. The molecule has 1 fully saturated rings. The van der Waals surface area contributed by atoms with Crippen molar-refractivity contribution in [2.75, 3.05) is 32.7 Å². The van der Waals surface area contributed by atoms with Crippen LogP contribution >= 0.6 is 23.2 Å². The van der Waals surface area contributed by atoms with Gasteiger partial charge < -0.3 is 15.5 Å². The molecule has 2 amide bonds. The van der Waals surface area contributed by atoms with E-state index in [1.165, 1.54) is 0 Å². The number of halogens is 2. The lowest BCUT2D eigenvalue weighted by molar-refractivity contribution is -0.130. The number of amides is 2. The van der Waals surface area contributed by atoms with Gasteiger partial charge in [0.05, 0.1) is 22.2 Å². The van der Waals surface area contributed by atoms with Gasteiger partial charge in [-0.25, -0.2) is 0 Å². The molecular weight excluding hydrogens is 301 g/mol. The first kappa shape index (κ1) is 15.1. The molecule has 0 atom stereocenters. The molecule has 1 aliphatic rings. The number of hydrogen-bond acceptors (Lipinski definition) is 3. The zero-order valence-corrected chi connectivity index (χ0v) is 12.3. The molecule has 0 saturated carbocycles. The normalized spacial score (nSPS) is 15.0. The van der Waals surface area contributed by atoms with Crippen molar-refractivity contribution in [2.24, 2.45) is 0 Å². The van der Waals surface area contributed by atoms with Crippen LogP contribution in [-0.2, 0) is 4.79 Å². The summed E-state index contributed by atoms with van der Waals surface area (Å²) in [6.45, 7) is 2.83. The molecule has 20 heavy (non-hydrogen) atoms. The summed E-state index contributed by atoms with van der Waals surface area (Å²) in [6, 6.07) is 4.81. The molecule has 0 spiro atoms. The summed E-state index contributed by atoms with van der Waals surface area (Å²) in [5, 5.41) is 6.24. The number of rotatable bonds is 3. The molecule has 0 aliphatic carbocycles. The Morgan fingerprint density at radius 1 is 1.25 bits per heavy atom. The maximum Gasteiger partial charge on any atom is 0.253 e. The third-order valence-electron chi connectivity index (χ3n) is 3.07. The molecule has 2 rings (SSSR count). The number of benzene rings is 1. The lowest BCUT2D eigenvalue weighted by Crippen LogP contribution is -2.49. The number of carbonyl (C=O) groups excluding carboxylic acids is 2. The monoisotopic (exact) mass is 315 g/mol. The van der Waals surface area contributed by atoms with E-state index in [9.17, 15) is 9.59 Å². The molecule has 7 heteroatoms. The predicted molar refractivity (Wildman–Crippen MR) is 78.2 cm³/mol. The maximum absolute atomic E-state index is 12.0. The van der Waals surface area contributed by atoms with Crippen LogP contribution in [-0.4, -0.2) is 49.4 Å². The number of nitrogens with zero attached hydrogens (tertiary/aromatic N) is 1. The van der Waals surface area contributed by atoms with Gasteiger partial charge in [0.25, 0.3) is 5.91 Å². The Balaban J connectivity index is 1.91. The first-order chi connectivity index (χ1) is 9.59. The summed E-state index contributed by atoms with van der Waals surface area (Å²) >= 11 is 11.8. The van der Waals surface area contributed by atoms with E-state index < -0.39 is 5.91 Å². The van der Waals surface area contributed by atoms with Crippen LogP contribution < -0.4 is 10.6 Å². The van der Waals surface area contributed by atoms with Gasteiger partial charge in [-0.15, -0.1) is 0 Å². The minimum absolute atomic E-state index is 0.0400. The molecule has 5 nitrogen and oxygen atoms in total. The van der Waals surface area contributed by atoms with E-state index in [2.05, 4.69) is 10.6 Å². The Kier molecular flexibility index (Phi) is 5.23. The Hall–Kier alpha value is -1.30. The van der Waals surface area contributed by atoms with Gasteiger partial charge in [0.15, 0.2) is 0 Å². The molecule has 0 radical (unpaired) electrons. The largest absolute Gasteiger partial charge is 0.343 e. The van der Waals surface area contributed by atoms with E-state index in [0.29, 0.717) is 18.1 Å². The molecule has 0 aromatic heterocycles. The third-order valence-corrected chi connectivity index (χ3v) is 3.88. The second-order valence-corrected chi connectivity index (χ2v) is 5.20. The highest BCUT2D eigenvalue weighted by atomic mass is 35.5. The fraction of sp³-hybridized carbons (Fsp3) is 0.385. The van der Waals surface area contributed by atoms with Crippen molar-refractivity contribution >= 4 is 35.0 Å². The summed E-state index contributed by atoms with van der Waals surface area (Å²) < 4.78 is 0. The van der Waals surface area contributed by atoms with Crippen molar-refractivity contribution in [1.82, 2.24) is 15.5 Å². The molecular formula is C13H15Cl2N3O2. The van der Waals surface area contributed by atoms with Crippen LogP contribution in [0.5, 0.6) is 0 Å². The van der Waals surface area contributed by atoms with E-state index in [-0.39, 0.29) is 23.0 Å². The van der Waals surface area contributed by atoms with Gasteiger partial charge in [0, 0.05) is 26.2 Å². The Morgan fingerprint density at radius 2 is 1.95 bits per heavy atom. The van der Waals surface area contributed by atoms with Gasteiger partial charge in [-0.05, 0) is 12.1 Å². The van der Waals surface area contributed by atoms with Crippen molar-refractivity contribution in [1.29, 1.82) is 0 Å². The number of carbonyl (C=O) groups is 2. The third kappa shape index (κ3) is 3.62. The predicted octanol–water partition coefficient (Wildman–Crippen LogP) is 1.16. The molecule has 1 aliphatic heterocycles. The zero-order chi connectivity index (χ0) is 14.5. The molecule has 0 bridgehead atoms. The Labute approximate surface area is 127 Å². The quantitative estimate of drug-likeness (QED) is 0.879. The standard InChI is InChI=1S/C13H15Cl2N3O2/c14-10-3-1-2-9(12(10)15)13(20)17-8-11(19)18-6-4-16-5-7-18/h1-3,16H,4-8H2,(H,17,20). The molecule has 108 valence electrons. The van der Waals surface area contributed by atoms with Crippen LogP contribution in [0, 0.1) is 0 Å². The molecule has 1 aromatic carbocycles. The molecule has 1 saturated heterocycles. The highest BCUT2D eigenvalue weighted by Gasteiger charge is 2.18. The highest BCUT2D eigenvalue weighted by Crippen LogP contribution is 2.25. The van der Waals surface area contributed by atoms with Gasteiger partial charge in [0.1, 0.15) is 0 Å². The van der Waals surface area contributed by atoms with E-state index >= 15 is 0 Å². The summed E-state index contributed by atoms with van der Waals surface area (Å²) in [4.78, 5) is 25.6. The summed E-state index contributed by atoms with van der Waals surface area (Å²) in [5.74, 6) is -0.501. The van der Waals surface area contributed by atoms with Crippen LogP contribution in [0.2, 0.25) is 10.0 Å². The number of piperazine rings is 1. The molecule has 1 aromatic rings.